The van der Waals surface area contributed by atoms with E-state index < -0.39 is 11.7 Å². The van der Waals surface area contributed by atoms with Gasteiger partial charge in [0.05, 0.1) is 5.56 Å². The zero-order valence-electron chi connectivity index (χ0n) is 12.3. The first-order chi connectivity index (χ1) is 9.79. The van der Waals surface area contributed by atoms with Gasteiger partial charge >= 0.3 is 6.18 Å². The summed E-state index contributed by atoms with van der Waals surface area (Å²) in [5, 5.41) is 2.55. The van der Waals surface area contributed by atoms with E-state index in [9.17, 15) is 18.0 Å². The van der Waals surface area contributed by atoms with Crippen LogP contribution in [0.2, 0.25) is 0 Å². The van der Waals surface area contributed by atoms with Gasteiger partial charge in [0.1, 0.15) is 0 Å². The highest BCUT2D eigenvalue weighted by atomic mass is 19.4. The van der Waals surface area contributed by atoms with Crippen LogP contribution in [0.3, 0.4) is 0 Å². The molecule has 21 heavy (non-hydrogen) atoms. The topological polar surface area (TPSA) is 55.1 Å². The third-order valence-corrected chi connectivity index (χ3v) is 3.40. The number of amides is 1. The molecule has 1 aromatic rings. The van der Waals surface area contributed by atoms with Crippen molar-refractivity contribution < 1.29 is 18.0 Å². The third kappa shape index (κ3) is 4.95. The minimum Gasteiger partial charge on any atom is -0.398 e. The molecule has 0 spiro atoms. The van der Waals surface area contributed by atoms with Gasteiger partial charge in [0.15, 0.2) is 0 Å². The van der Waals surface area contributed by atoms with Crippen molar-refractivity contribution in [3.05, 3.63) is 23.8 Å². The smallest absolute Gasteiger partial charge is 0.398 e. The first-order valence-corrected chi connectivity index (χ1v) is 7.07. The number of nitrogen functional groups attached to an aromatic ring is 1. The average molecular weight is 302 g/mol. The van der Waals surface area contributed by atoms with Crippen molar-refractivity contribution in [2.24, 2.45) is 5.92 Å². The standard InChI is InChI=1S/C15H21F3N2O/c1-3-5-6-10(4-2)14(21)20-11-7-8-13(19)12(9-11)15(16,17)18/h7-10H,3-6,19H2,1-2H3,(H,20,21). The molecule has 0 bridgehead atoms. The Balaban J connectivity index is 2.85. The molecule has 0 aliphatic rings. The van der Waals surface area contributed by atoms with Crippen LogP contribution in [-0.2, 0) is 11.0 Å². The van der Waals surface area contributed by atoms with Crippen LogP contribution in [-0.4, -0.2) is 5.91 Å². The van der Waals surface area contributed by atoms with E-state index in [-0.39, 0.29) is 23.2 Å². The SMILES string of the molecule is CCCCC(CC)C(=O)Nc1ccc(N)c(C(F)(F)F)c1. The molecule has 1 rings (SSSR count). The maximum atomic E-state index is 12.8. The summed E-state index contributed by atoms with van der Waals surface area (Å²) in [6.07, 6.45) is -1.24. The molecule has 0 aromatic heterocycles. The van der Waals surface area contributed by atoms with E-state index in [2.05, 4.69) is 5.32 Å². The average Bonchev–Trinajstić information content (AvgIpc) is 2.40. The van der Waals surface area contributed by atoms with Gasteiger partial charge in [-0.3, -0.25) is 4.79 Å². The number of nitrogens with two attached hydrogens (primary N) is 1. The van der Waals surface area contributed by atoms with Crippen LogP contribution < -0.4 is 11.1 Å². The number of hydrogen-bond donors (Lipinski definition) is 2. The van der Waals surface area contributed by atoms with E-state index in [1.54, 1.807) is 0 Å². The second kappa shape index (κ2) is 7.33. The predicted molar refractivity (Wildman–Crippen MR) is 77.8 cm³/mol. The summed E-state index contributed by atoms with van der Waals surface area (Å²) < 4.78 is 38.3. The summed E-state index contributed by atoms with van der Waals surface area (Å²) >= 11 is 0. The fourth-order valence-corrected chi connectivity index (χ4v) is 2.09. The number of halogens is 3. The molecule has 0 fully saturated rings. The van der Waals surface area contributed by atoms with Crippen LogP contribution in [0.25, 0.3) is 0 Å². The molecule has 0 aliphatic heterocycles. The number of nitrogens with one attached hydrogen (secondary N) is 1. The summed E-state index contributed by atoms with van der Waals surface area (Å²) in [7, 11) is 0. The summed E-state index contributed by atoms with van der Waals surface area (Å²) in [5.41, 5.74) is 4.17. The number of rotatable bonds is 6. The van der Waals surface area contributed by atoms with Crippen LogP contribution in [0.1, 0.15) is 45.1 Å². The number of alkyl halides is 3. The van der Waals surface area contributed by atoms with E-state index >= 15 is 0 Å². The first-order valence-electron chi connectivity index (χ1n) is 7.07. The molecule has 1 amide bonds. The normalized spacial score (nSPS) is 13.0. The zero-order valence-corrected chi connectivity index (χ0v) is 12.3. The molecule has 1 aromatic carbocycles. The number of carbonyl (C=O) groups excluding carboxylic acids is 1. The summed E-state index contributed by atoms with van der Waals surface area (Å²) in [5.74, 6) is -0.430. The minimum absolute atomic E-state index is 0.122. The van der Waals surface area contributed by atoms with Gasteiger partial charge in [0.2, 0.25) is 5.91 Å². The van der Waals surface area contributed by atoms with Crippen molar-refractivity contribution in [1.82, 2.24) is 0 Å². The van der Waals surface area contributed by atoms with Crippen molar-refractivity contribution >= 4 is 17.3 Å². The lowest BCUT2D eigenvalue weighted by atomic mass is 9.98. The van der Waals surface area contributed by atoms with Gasteiger partial charge in [-0.2, -0.15) is 13.2 Å². The Morgan fingerprint density at radius 2 is 2.00 bits per heavy atom. The zero-order chi connectivity index (χ0) is 16.0. The van der Waals surface area contributed by atoms with Gasteiger partial charge in [-0.1, -0.05) is 26.7 Å². The third-order valence-electron chi connectivity index (χ3n) is 3.40. The van der Waals surface area contributed by atoms with Crippen LogP contribution in [0, 0.1) is 5.92 Å². The lowest BCUT2D eigenvalue weighted by Gasteiger charge is -2.16. The number of hydrogen-bond acceptors (Lipinski definition) is 2. The molecule has 0 saturated heterocycles. The monoisotopic (exact) mass is 302 g/mol. The van der Waals surface area contributed by atoms with E-state index in [0.29, 0.717) is 6.42 Å². The molecular formula is C15H21F3N2O. The fourth-order valence-electron chi connectivity index (χ4n) is 2.09. The van der Waals surface area contributed by atoms with Crippen molar-refractivity contribution in [3.8, 4) is 0 Å². The van der Waals surface area contributed by atoms with Crippen molar-refractivity contribution in [1.29, 1.82) is 0 Å². The van der Waals surface area contributed by atoms with Gasteiger partial charge in [-0.05, 0) is 31.0 Å². The Hall–Kier alpha value is -1.72. The van der Waals surface area contributed by atoms with Gasteiger partial charge in [-0.15, -0.1) is 0 Å². The predicted octanol–water partition coefficient (Wildman–Crippen LogP) is 4.44. The fraction of sp³-hybridized carbons (Fsp3) is 0.533. The minimum atomic E-state index is -4.53. The Labute approximate surface area is 122 Å². The first kappa shape index (κ1) is 17.3. The number of benzene rings is 1. The van der Waals surface area contributed by atoms with Gasteiger partial charge < -0.3 is 11.1 Å². The second-order valence-corrected chi connectivity index (χ2v) is 5.04. The maximum Gasteiger partial charge on any atom is 0.418 e. The lowest BCUT2D eigenvalue weighted by Crippen LogP contribution is -2.22. The molecule has 0 aliphatic carbocycles. The highest BCUT2D eigenvalue weighted by Crippen LogP contribution is 2.35. The summed E-state index contributed by atoms with van der Waals surface area (Å²) in [4.78, 5) is 12.1. The van der Waals surface area contributed by atoms with Crippen molar-refractivity contribution in [3.63, 3.8) is 0 Å². The largest absolute Gasteiger partial charge is 0.418 e. The van der Waals surface area contributed by atoms with Crippen molar-refractivity contribution in [2.75, 3.05) is 11.1 Å². The van der Waals surface area contributed by atoms with Crippen LogP contribution in [0.15, 0.2) is 18.2 Å². The van der Waals surface area contributed by atoms with Crippen LogP contribution >= 0.6 is 0 Å². The number of carbonyl (C=O) groups is 1. The molecule has 0 radical (unpaired) electrons. The maximum absolute atomic E-state index is 12.8. The van der Waals surface area contributed by atoms with Gasteiger partial charge in [0, 0.05) is 17.3 Å². The van der Waals surface area contributed by atoms with Crippen LogP contribution in [0.4, 0.5) is 24.5 Å². The molecule has 3 nitrogen and oxygen atoms in total. The number of unbranched alkanes of at least 4 members (excludes halogenated alkanes) is 1. The molecule has 1 unspecified atom stereocenters. The highest BCUT2D eigenvalue weighted by Gasteiger charge is 2.33. The van der Waals surface area contributed by atoms with Crippen molar-refractivity contribution in [2.45, 2.75) is 45.7 Å². The van der Waals surface area contributed by atoms with Crippen LogP contribution in [0.5, 0.6) is 0 Å². The molecule has 1 atom stereocenters. The van der Waals surface area contributed by atoms with E-state index in [1.165, 1.54) is 6.07 Å². The Morgan fingerprint density at radius 3 is 2.52 bits per heavy atom. The quantitative estimate of drug-likeness (QED) is 0.763. The molecule has 0 heterocycles. The van der Waals surface area contributed by atoms with Gasteiger partial charge in [0.25, 0.3) is 0 Å². The summed E-state index contributed by atoms with van der Waals surface area (Å²) in [6, 6.07) is 3.42. The van der Waals surface area contributed by atoms with E-state index in [4.69, 9.17) is 5.73 Å². The second-order valence-electron chi connectivity index (χ2n) is 5.04. The Morgan fingerprint density at radius 1 is 1.33 bits per heavy atom. The molecular weight excluding hydrogens is 281 g/mol. The molecule has 118 valence electrons. The van der Waals surface area contributed by atoms with E-state index in [1.807, 2.05) is 13.8 Å². The highest BCUT2D eigenvalue weighted by molar-refractivity contribution is 5.92. The molecule has 6 heteroatoms. The van der Waals surface area contributed by atoms with Gasteiger partial charge in [-0.25, -0.2) is 0 Å². The Kier molecular flexibility index (Phi) is 6.05. The number of anilines is 2. The molecule has 0 saturated carbocycles. The molecule has 3 N–H and O–H groups in total. The van der Waals surface area contributed by atoms with E-state index in [0.717, 1.165) is 31.4 Å². The lowest BCUT2D eigenvalue weighted by molar-refractivity contribution is -0.137. The Bertz CT molecular complexity index is 486. The summed E-state index contributed by atoms with van der Waals surface area (Å²) in [6.45, 7) is 3.92.